The van der Waals surface area contributed by atoms with Gasteiger partial charge >= 0.3 is 0 Å². The quantitative estimate of drug-likeness (QED) is 0.768. The standard InChI is InChI=1S/C16H14O3/c1-19-12-7-11(17)14-10-6-8-4-2-3-5-9(8)13(10)15(14)16(12)18/h2-5,7,10,13-15H,6H2,1H3/t10-,13+,14?,15?/m0/s1. The first-order chi connectivity index (χ1) is 9.22. The highest BCUT2D eigenvalue weighted by Crippen LogP contribution is 2.60. The van der Waals surface area contributed by atoms with Crippen LogP contribution < -0.4 is 0 Å². The van der Waals surface area contributed by atoms with Gasteiger partial charge in [-0.2, -0.15) is 0 Å². The van der Waals surface area contributed by atoms with E-state index in [0.29, 0.717) is 5.92 Å². The lowest BCUT2D eigenvalue weighted by Gasteiger charge is -2.48. The molecule has 3 aliphatic rings. The molecule has 96 valence electrons. The molecule has 0 aromatic heterocycles. The Labute approximate surface area is 111 Å². The summed E-state index contributed by atoms with van der Waals surface area (Å²) >= 11 is 0. The van der Waals surface area contributed by atoms with Crippen molar-refractivity contribution in [2.24, 2.45) is 17.8 Å². The maximum atomic E-state index is 12.4. The van der Waals surface area contributed by atoms with Crippen molar-refractivity contribution in [1.29, 1.82) is 0 Å². The summed E-state index contributed by atoms with van der Waals surface area (Å²) in [6.45, 7) is 0. The predicted octanol–water partition coefficient (Wildman–Crippen LogP) is 1.87. The Hall–Kier alpha value is -1.90. The Balaban J connectivity index is 1.79. The fourth-order valence-corrected chi connectivity index (χ4v) is 4.15. The zero-order valence-electron chi connectivity index (χ0n) is 10.6. The molecule has 19 heavy (non-hydrogen) atoms. The molecule has 0 heterocycles. The second-order valence-corrected chi connectivity index (χ2v) is 5.62. The number of hydrogen-bond acceptors (Lipinski definition) is 3. The maximum Gasteiger partial charge on any atom is 0.201 e. The number of methoxy groups -OCH3 is 1. The van der Waals surface area contributed by atoms with Gasteiger partial charge in [0.1, 0.15) is 0 Å². The van der Waals surface area contributed by atoms with Crippen LogP contribution >= 0.6 is 0 Å². The lowest BCUT2D eigenvalue weighted by atomic mass is 9.52. The first kappa shape index (κ1) is 11.0. The van der Waals surface area contributed by atoms with Crippen LogP contribution in [0.15, 0.2) is 36.1 Å². The summed E-state index contributed by atoms with van der Waals surface area (Å²) in [6, 6.07) is 8.24. The van der Waals surface area contributed by atoms with Crippen molar-refractivity contribution >= 4 is 11.6 Å². The Morgan fingerprint density at radius 2 is 1.89 bits per heavy atom. The van der Waals surface area contributed by atoms with Gasteiger partial charge in [-0.25, -0.2) is 0 Å². The minimum atomic E-state index is -0.193. The van der Waals surface area contributed by atoms with Crippen LogP contribution in [0.4, 0.5) is 0 Å². The van der Waals surface area contributed by atoms with E-state index in [1.165, 1.54) is 24.3 Å². The normalized spacial score (nSPS) is 34.9. The van der Waals surface area contributed by atoms with E-state index in [9.17, 15) is 9.59 Å². The molecule has 0 radical (unpaired) electrons. The number of carbonyl (C=O) groups excluding carboxylic acids is 2. The largest absolute Gasteiger partial charge is 0.493 e. The molecule has 0 aliphatic heterocycles. The van der Waals surface area contributed by atoms with Crippen molar-refractivity contribution in [3.8, 4) is 0 Å². The molecule has 1 fully saturated rings. The zero-order valence-corrected chi connectivity index (χ0v) is 10.6. The molecule has 0 N–H and O–H groups in total. The second kappa shape index (κ2) is 3.56. The lowest BCUT2D eigenvalue weighted by molar-refractivity contribution is -0.144. The first-order valence-corrected chi connectivity index (χ1v) is 6.64. The Bertz CT molecular complexity index is 629. The molecular weight excluding hydrogens is 240 g/mol. The van der Waals surface area contributed by atoms with Crippen molar-refractivity contribution in [3.05, 3.63) is 47.2 Å². The highest BCUT2D eigenvalue weighted by atomic mass is 16.5. The summed E-state index contributed by atoms with van der Waals surface area (Å²) in [5.74, 6) is 0.518. The number of benzene rings is 1. The Morgan fingerprint density at radius 3 is 2.68 bits per heavy atom. The average molecular weight is 254 g/mol. The highest BCUT2D eigenvalue weighted by Gasteiger charge is 2.61. The van der Waals surface area contributed by atoms with Crippen LogP contribution in [0, 0.1) is 17.8 Å². The predicted molar refractivity (Wildman–Crippen MR) is 68.5 cm³/mol. The molecule has 0 amide bonds. The molecule has 3 aliphatic carbocycles. The summed E-state index contributed by atoms with van der Waals surface area (Å²) < 4.78 is 5.05. The highest BCUT2D eigenvalue weighted by molar-refractivity contribution is 6.11. The van der Waals surface area contributed by atoms with Crippen molar-refractivity contribution < 1.29 is 14.3 Å². The van der Waals surface area contributed by atoms with Crippen LogP contribution in [-0.4, -0.2) is 18.7 Å². The summed E-state index contributed by atoms with van der Waals surface area (Å²) in [5.41, 5.74) is 2.55. The number of carbonyl (C=O) groups is 2. The Morgan fingerprint density at radius 1 is 1.11 bits per heavy atom. The van der Waals surface area contributed by atoms with E-state index in [2.05, 4.69) is 12.1 Å². The van der Waals surface area contributed by atoms with Gasteiger partial charge in [0.05, 0.1) is 7.11 Å². The number of Topliss-reactive ketones (excluding diaryl/α,β-unsaturated/α-hetero) is 1. The van der Waals surface area contributed by atoms with Gasteiger partial charge < -0.3 is 4.74 Å². The third-order valence-corrected chi connectivity index (χ3v) is 4.93. The Kier molecular flexibility index (Phi) is 2.06. The number of ketones is 2. The van der Waals surface area contributed by atoms with Gasteiger partial charge in [0.15, 0.2) is 11.5 Å². The van der Waals surface area contributed by atoms with Crippen LogP contribution in [-0.2, 0) is 20.7 Å². The molecule has 1 aromatic carbocycles. The van der Waals surface area contributed by atoms with E-state index < -0.39 is 0 Å². The molecule has 1 saturated carbocycles. The second-order valence-electron chi connectivity index (χ2n) is 5.62. The molecular formula is C16H14O3. The molecule has 0 spiro atoms. The number of hydrogen-bond donors (Lipinski definition) is 0. The molecule has 1 aromatic rings. The van der Waals surface area contributed by atoms with Crippen molar-refractivity contribution in [2.45, 2.75) is 12.3 Å². The molecule has 4 rings (SSSR count). The number of fused-ring (bicyclic) bond motifs is 6. The fraction of sp³-hybridized carbons (Fsp3) is 0.375. The van der Waals surface area contributed by atoms with E-state index in [0.717, 1.165) is 6.42 Å². The summed E-state index contributed by atoms with van der Waals surface area (Å²) in [7, 11) is 1.45. The average Bonchev–Trinajstić information content (AvgIpc) is 2.70. The van der Waals surface area contributed by atoms with Crippen LogP contribution in [0.2, 0.25) is 0 Å². The van der Waals surface area contributed by atoms with Gasteiger partial charge in [-0.05, 0) is 29.4 Å². The van der Waals surface area contributed by atoms with Gasteiger partial charge in [-0.15, -0.1) is 0 Å². The van der Waals surface area contributed by atoms with Gasteiger partial charge in [0.25, 0.3) is 0 Å². The van der Waals surface area contributed by atoms with Gasteiger partial charge in [0, 0.05) is 17.9 Å². The zero-order chi connectivity index (χ0) is 13.1. The van der Waals surface area contributed by atoms with Gasteiger partial charge in [0.2, 0.25) is 5.78 Å². The molecule has 3 heteroatoms. The molecule has 2 unspecified atom stereocenters. The van der Waals surface area contributed by atoms with Gasteiger partial charge in [-0.3, -0.25) is 9.59 Å². The monoisotopic (exact) mass is 254 g/mol. The van der Waals surface area contributed by atoms with Crippen molar-refractivity contribution in [2.75, 3.05) is 7.11 Å². The van der Waals surface area contributed by atoms with Crippen LogP contribution in [0.25, 0.3) is 0 Å². The summed E-state index contributed by atoms with van der Waals surface area (Å²) in [5, 5.41) is 0. The lowest BCUT2D eigenvalue weighted by Crippen LogP contribution is -2.53. The third kappa shape index (κ3) is 1.23. The molecule has 3 nitrogen and oxygen atoms in total. The summed E-state index contributed by atoms with van der Waals surface area (Å²) in [6.07, 6.45) is 2.32. The van der Waals surface area contributed by atoms with Crippen molar-refractivity contribution in [1.82, 2.24) is 0 Å². The fourth-order valence-electron chi connectivity index (χ4n) is 4.15. The van der Waals surface area contributed by atoms with Crippen LogP contribution in [0.1, 0.15) is 17.0 Å². The van der Waals surface area contributed by atoms with E-state index in [4.69, 9.17) is 4.74 Å². The smallest absolute Gasteiger partial charge is 0.201 e. The van der Waals surface area contributed by atoms with Gasteiger partial charge in [-0.1, -0.05) is 24.3 Å². The topological polar surface area (TPSA) is 43.4 Å². The summed E-state index contributed by atoms with van der Waals surface area (Å²) in [4.78, 5) is 24.5. The van der Waals surface area contributed by atoms with Crippen LogP contribution in [0.3, 0.4) is 0 Å². The molecule has 4 atom stereocenters. The molecule has 0 saturated heterocycles. The minimum absolute atomic E-state index is 0.00468. The minimum Gasteiger partial charge on any atom is -0.493 e. The molecule has 0 bridgehead atoms. The number of allylic oxidation sites excluding steroid dienone is 2. The van der Waals surface area contributed by atoms with E-state index in [-0.39, 0.29) is 35.1 Å². The number of rotatable bonds is 1. The first-order valence-electron chi connectivity index (χ1n) is 6.64. The SMILES string of the molecule is COC1=CC(=O)C2C(C1=O)[C@@H]1c3ccccc3C[C@H]21. The van der Waals surface area contributed by atoms with E-state index >= 15 is 0 Å². The third-order valence-electron chi connectivity index (χ3n) is 4.93. The maximum absolute atomic E-state index is 12.4. The van der Waals surface area contributed by atoms with Crippen molar-refractivity contribution in [3.63, 3.8) is 0 Å². The van der Waals surface area contributed by atoms with E-state index in [1.807, 2.05) is 12.1 Å². The number of ether oxygens (including phenoxy) is 1. The van der Waals surface area contributed by atoms with Crippen LogP contribution in [0.5, 0.6) is 0 Å². The van der Waals surface area contributed by atoms with E-state index in [1.54, 1.807) is 0 Å².